The molecule has 92 valence electrons. The van der Waals surface area contributed by atoms with Gasteiger partial charge in [-0.25, -0.2) is 0 Å². The first-order valence-electron chi connectivity index (χ1n) is 6.33. The Morgan fingerprint density at radius 3 is 1.94 bits per heavy atom. The molecule has 0 bridgehead atoms. The van der Waals surface area contributed by atoms with Gasteiger partial charge in [0.05, 0.1) is 0 Å². The van der Waals surface area contributed by atoms with Crippen LogP contribution in [-0.2, 0) is 0 Å². The third-order valence-corrected chi connectivity index (χ3v) is 3.08. The maximum absolute atomic E-state index is 3.35. The molecule has 1 saturated carbocycles. The monoisotopic (exact) mass is 239 g/mol. The van der Waals surface area contributed by atoms with E-state index in [0.717, 1.165) is 5.25 Å². The Bertz CT molecular complexity index is 252. The Kier molecular flexibility index (Phi) is 9.21. The second-order valence-corrected chi connectivity index (χ2v) is 4.39. The number of anilines is 1. The van der Waals surface area contributed by atoms with E-state index >= 15 is 0 Å². The van der Waals surface area contributed by atoms with Gasteiger partial charge in [0.1, 0.15) is 0 Å². The fourth-order valence-corrected chi connectivity index (χ4v) is 1.77. The first-order chi connectivity index (χ1) is 7.84. The molecule has 2 rings (SSSR count). The maximum Gasteiger partial charge on any atom is 0.0440 e. The highest BCUT2D eigenvalue weighted by molar-refractivity contribution is 8.01. The van der Waals surface area contributed by atoms with Crippen LogP contribution < -0.4 is 4.72 Å². The van der Waals surface area contributed by atoms with Gasteiger partial charge in [0.2, 0.25) is 0 Å². The van der Waals surface area contributed by atoms with Gasteiger partial charge < -0.3 is 4.72 Å². The van der Waals surface area contributed by atoms with Crippen molar-refractivity contribution in [1.29, 1.82) is 0 Å². The molecule has 16 heavy (non-hydrogen) atoms. The van der Waals surface area contributed by atoms with Crippen LogP contribution in [0.4, 0.5) is 5.69 Å². The minimum Gasteiger partial charge on any atom is -0.330 e. The predicted octanol–water partition coefficient (Wildman–Crippen LogP) is 5.27. The first-order valence-corrected chi connectivity index (χ1v) is 7.21. The summed E-state index contributed by atoms with van der Waals surface area (Å²) in [6.07, 6.45) is 2.76. The molecule has 1 aliphatic carbocycles. The van der Waals surface area contributed by atoms with E-state index in [0.29, 0.717) is 0 Å². The summed E-state index contributed by atoms with van der Waals surface area (Å²) in [6, 6.07) is 8.53. The SMILES string of the molecule is CC.CC.Cc1ccc(NSC2CC2)cc1. The third kappa shape index (κ3) is 6.78. The molecule has 1 N–H and O–H groups in total. The lowest BCUT2D eigenvalue weighted by molar-refractivity contribution is 1.47. The van der Waals surface area contributed by atoms with Crippen molar-refractivity contribution in [1.82, 2.24) is 0 Å². The summed E-state index contributed by atoms with van der Waals surface area (Å²) in [5.74, 6) is 0. The van der Waals surface area contributed by atoms with E-state index in [1.807, 2.05) is 39.6 Å². The fraction of sp³-hybridized carbons (Fsp3) is 0.571. The highest BCUT2D eigenvalue weighted by atomic mass is 32.2. The maximum atomic E-state index is 3.35. The average Bonchev–Trinajstić information content (AvgIpc) is 3.18. The zero-order chi connectivity index (χ0) is 12.4. The molecule has 0 radical (unpaired) electrons. The van der Waals surface area contributed by atoms with E-state index in [2.05, 4.69) is 35.9 Å². The molecule has 0 amide bonds. The molecule has 0 spiro atoms. The number of benzene rings is 1. The lowest BCUT2D eigenvalue weighted by Crippen LogP contribution is -1.87. The van der Waals surface area contributed by atoms with Crippen molar-refractivity contribution in [3.8, 4) is 0 Å². The number of aryl methyl sites for hydroxylation is 1. The number of hydrogen-bond acceptors (Lipinski definition) is 2. The van der Waals surface area contributed by atoms with Crippen molar-refractivity contribution in [2.75, 3.05) is 4.72 Å². The Morgan fingerprint density at radius 1 is 1.00 bits per heavy atom. The predicted molar refractivity (Wildman–Crippen MR) is 78.1 cm³/mol. The van der Waals surface area contributed by atoms with E-state index in [9.17, 15) is 0 Å². The van der Waals surface area contributed by atoms with E-state index in [1.54, 1.807) is 0 Å². The van der Waals surface area contributed by atoms with Gasteiger partial charge in [-0.05, 0) is 43.8 Å². The molecule has 0 aliphatic heterocycles. The minimum absolute atomic E-state index is 0.867. The summed E-state index contributed by atoms with van der Waals surface area (Å²) >= 11 is 1.85. The van der Waals surface area contributed by atoms with Crippen molar-refractivity contribution < 1.29 is 0 Å². The van der Waals surface area contributed by atoms with Crippen LogP contribution in [-0.4, -0.2) is 5.25 Å². The van der Waals surface area contributed by atoms with Crippen LogP contribution in [0.25, 0.3) is 0 Å². The van der Waals surface area contributed by atoms with Crippen LogP contribution >= 0.6 is 11.9 Å². The minimum atomic E-state index is 0.867. The first kappa shape index (κ1) is 15.4. The average molecular weight is 239 g/mol. The summed E-state index contributed by atoms with van der Waals surface area (Å²) in [6.45, 7) is 10.1. The van der Waals surface area contributed by atoms with Crippen molar-refractivity contribution in [2.45, 2.75) is 52.7 Å². The molecule has 0 heterocycles. The molecule has 0 aromatic heterocycles. The molecular weight excluding hydrogens is 214 g/mol. The fourth-order valence-electron chi connectivity index (χ4n) is 0.959. The third-order valence-electron chi connectivity index (χ3n) is 1.92. The van der Waals surface area contributed by atoms with Crippen LogP contribution in [0.15, 0.2) is 24.3 Å². The molecule has 2 heteroatoms. The molecular formula is C14H25NS. The molecule has 1 nitrogen and oxygen atoms in total. The lowest BCUT2D eigenvalue weighted by Gasteiger charge is -2.03. The topological polar surface area (TPSA) is 12.0 Å². The van der Waals surface area contributed by atoms with Crippen LogP contribution in [0.5, 0.6) is 0 Å². The van der Waals surface area contributed by atoms with Crippen LogP contribution in [0.1, 0.15) is 46.1 Å². The van der Waals surface area contributed by atoms with Gasteiger partial charge in [-0.15, -0.1) is 0 Å². The van der Waals surface area contributed by atoms with Gasteiger partial charge >= 0.3 is 0 Å². The highest BCUT2D eigenvalue weighted by Crippen LogP contribution is 2.34. The summed E-state index contributed by atoms with van der Waals surface area (Å²) in [7, 11) is 0. The van der Waals surface area contributed by atoms with E-state index < -0.39 is 0 Å². The molecule has 1 aromatic rings. The van der Waals surface area contributed by atoms with Gasteiger partial charge in [-0.1, -0.05) is 45.4 Å². The molecule has 0 saturated heterocycles. The summed E-state index contributed by atoms with van der Waals surface area (Å²) in [4.78, 5) is 0. The molecule has 1 fully saturated rings. The van der Waals surface area contributed by atoms with Crippen LogP contribution in [0.3, 0.4) is 0 Å². The van der Waals surface area contributed by atoms with Crippen molar-refractivity contribution in [3.05, 3.63) is 29.8 Å². The van der Waals surface area contributed by atoms with Crippen molar-refractivity contribution in [2.24, 2.45) is 0 Å². The number of rotatable bonds is 3. The van der Waals surface area contributed by atoms with Gasteiger partial charge in [0, 0.05) is 10.9 Å². The molecule has 1 aliphatic rings. The van der Waals surface area contributed by atoms with Gasteiger partial charge in [0.15, 0.2) is 0 Å². The van der Waals surface area contributed by atoms with Gasteiger partial charge in [-0.2, -0.15) is 0 Å². The van der Waals surface area contributed by atoms with Gasteiger partial charge in [-0.3, -0.25) is 0 Å². The zero-order valence-electron chi connectivity index (χ0n) is 11.2. The second kappa shape index (κ2) is 9.59. The molecule has 0 atom stereocenters. The van der Waals surface area contributed by atoms with E-state index in [1.165, 1.54) is 24.1 Å². The van der Waals surface area contributed by atoms with Crippen molar-refractivity contribution in [3.63, 3.8) is 0 Å². The summed E-state index contributed by atoms with van der Waals surface area (Å²) in [5, 5.41) is 0.867. The van der Waals surface area contributed by atoms with Crippen LogP contribution in [0, 0.1) is 6.92 Å². The number of nitrogens with one attached hydrogen (secondary N) is 1. The summed E-state index contributed by atoms with van der Waals surface area (Å²) < 4.78 is 3.35. The smallest absolute Gasteiger partial charge is 0.0440 e. The molecule has 1 aromatic carbocycles. The Morgan fingerprint density at radius 2 is 1.50 bits per heavy atom. The zero-order valence-corrected chi connectivity index (χ0v) is 12.0. The second-order valence-electron chi connectivity index (χ2n) is 3.29. The Balaban J connectivity index is 0.000000509. The van der Waals surface area contributed by atoms with Gasteiger partial charge in [0.25, 0.3) is 0 Å². The lowest BCUT2D eigenvalue weighted by atomic mass is 10.2. The quantitative estimate of drug-likeness (QED) is 0.721. The molecule has 0 unspecified atom stereocenters. The Hall–Kier alpha value is -0.630. The summed E-state index contributed by atoms with van der Waals surface area (Å²) in [5.41, 5.74) is 2.54. The Labute approximate surface area is 105 Å². The van der Waals surface area contributed by atoms with Crippen molar-refractivity contribution >= 4 is 17.6 Å². The van der Waals surface area contributed by atoms with Crippen LogP contribution in [0.2, 0.25) is 0 Å². The van der Waals surface area contributed by atoms with E-state index in [4.69, 9.17) is 0 Å². The normalized spacial score (nSPS) is 12.8. The standard InChI is InChI=1S/C10H13NS.2C2H6/c1-8-2-4-9(5-3-8)11-12-10-6-7-10;2*1-2/h2-5,10-11H,6-7H2,1H3;2*1-2H3. The van der Waals surface area contributed by atoms with E-state index in [-0.39, 0.29) is 0 Å². The number of hydrogen-bond donors (Lipinski definition) is 1. The highest BCUT2D eigenvalue weighted by Gasteiger charge is 2.21. The largest absolute Gasteiger partial charge is 0.330 e.